The van der Waals surface area contributed by atoms with Gasteiger partial charge in [0.2, 0.25) is 0 Å². The second kappa shape index (κ2) is 10.5. The molecule has 1 aliphatic rings. The van der Waals surface area contributed by atoms with Crippen LogP contribution in [0.1, 0.15) is 61.1 Å². The molecule has 2 aromatic carbocycles. The van der Waals surface area contributed by atoms with Gasteiger partial charge in [-0.15, -0.1) is 0 Å². The number of nitrogens with zero attached hydrogens (tertiary/aromatic N) is 3. The van der Waals surface area contributed by atoms with Crippen molar-refractivity contribution in [2.45, 2.75) is 52.1 Å². The maximum atomic E-state index is 13.4. The summed E-state index contributed by atoms with van der Waals surface area (Å²) in [5.41, 5.74) is 3.06. The Morgan fingerprint density at radius 1 is 1.06 bits per heavy atom. The molecule has 9 heteroatoms. The fourth-order valence-electron chi connectivity index (χ4n) is 4.29. The van der Waals surface area contributed by atoms with E-state index in [1.807, 2.05) is 52.0 Å². The fraction of sp³-hybridized carbons (Fsp3) is 0.370. The number of ether oxygens (including phenoxy) is 1. The molecule has 1 saturated heterocycles. The third kappa shape index (κ3) is 6.02. The average Bonchev–Trinajstić information content (AvgIpc) is 3.25. The van der Waals surface area contributed by atoms with E-state index < -0.39 is 5.60 Å². The van der Waals surface area contributed by atoms with Gasteiger partial charge in [-0.25, -0.2) is 9.48 Å². The summed E-state index contributed by atoms with van der Waals surface area (Å²) in [6, 6.07) is 12.8. The number of hydrogen-bond acceptors (Lipinski definition) is 4. The van der Waals surface area contributed by atoms with E-state index in [0.29, 0.717) is 47.2 Å². The van der Waals surface area contributed by atoms with Gasteiger partial charge in [-0.2, -0.15) is 5.10 Å². The Hall–Kier alpha value is -3.03. The Morgan fingerprint density at radius 3 is 2.33 bits per heavy atom. The molecule has 1 aromatic heterocycles. The van der Waals surface area contributed by atoms with Crippen molar-refractivity contribution >= 4 is 40.9 Å². The number of amides is 2. The van der Waals surface area contributed by atoms with Crippen LogP contribution in [0.4, 0.5) is 10.5 Å². The lowest BCUT2D eigenvalue weighted by molar-refractivity contribution is 0.0203. The SMILES string of the molecule is Cc1ccc(NC(=O)c2cnn(-c3ccc(Cl)cc3)c2C2CCN(C(=O)OC(C)(C)C)CC2)c(Cl)c1. The zero-order valence-corrected chi connectivity index (χ0v) is 22.4. The van der Waals surface area contributed by atoms with Gasteiger partial charge in [0, 0.05) is 24.0 Å². The molecule has 0 spiro atoms. The summed E-state index contributed by atoms with van der Waals surface area (Å²) in [6.45, 7) is 8.55. The summed E-state index contributed by atoms with van der Waals surface area (Å²) in [5, 5.41) is 8.59. The Labute approximate surface area is 221 Å². The van der Waals surface area contributed by atoms with Gasteiger partial charge < -0.3 is 15.0 Å². The van der Waals surface area contributed by atoms with Gasteiger partial charge >= 0.3 is 6.09 Å². The first-order valence-electron chi connectivity index (χ1n) is 11.9. The van der Waals surface area contributed by atoms with Crippen LogP contribution in [-0.2, 0) is 4.74 Å². The molecule has 0 atom stereocenters. The highest BCUT2D eigenvalue weighted by molar-refractivity contribution is 6.34. The van der Waals surface area contributed by atoms with Gasteiger partial charge in [-0.05, 0) is 82.5 Å². The van der Waals surface area contributed by atoms with Crippen LogP contribution in [0, 0.1) is 6.92 Å². The molecule has 0 saturated carbocycles. The number of nitrogens with one attached hydrogen (secondary N) is 1. The zero-order chi connectivity index (χ0) is 26.0. The van der Waals surface area contributed by atoms with Crippen molar-refractivity contribution in [1.82, 2.24) is 14.7 Å². The van der Waals surface area contributed by atoms with E-state index in [2.05, 4.69) is 10.4 Å². The summed E-state index contributed by atoms with van der Waals surface area (Å²) in [7, 11) is 0. The van der Waals surface area contributed by atoms with E-state index in [1.54, 1.807) is 34.0 Å². The number of anilines is 1. The third-order valence-corrected chi connectivity index (χ3v) is 6.59. The molecular formula is C27H30Cl2N4O3. The molecule has 1 aliphatic heterocycles. The molecule has 1 N–H and O–H groups in total. The zero-order valence-electron chi connectivity index (χ0n) is 20.8. The van der Waals surface area contributed by atoms with Crippen molar-refractivity contribution in [2.24, 2.45) is 0 Å². The average molecular weight is 529 g/mol. The topological polar surface area (TPSA) is 76.5 Å². The first-order chi connectivity index (χ1) is 17.0. The number of carbonyl (C=O) groups excluding carboxylic acids is 2. The van der Waals surface area contributed by atoms with Gasteiger partial charge in [0.25, 0.3) is 5.91 Å². The number of benzene rings is 2. The van der Waals surface area contributed by atoms with Crippen LogP contribution in [-0.4, -0.2) is 45.4 Å². The predicted molar refractivity (Wildman–Crippen MR) is 142 cm³/mol. The largest absolute Gasteiger partial charge is 0.444 e. The highest BCUT2D eigenvalue weighted by Crippen LogP contribution is 2.34. The summed E-state index contributed by atoms with van der Waals surface area (Å²) in [5.74, 6) is -0.276. The van der Waals surface area contributed by atoms with Gasteiger partial charge in [0.15, 0.2) is 0 Å². The Balaban J connectivity index is 1.62. The van der Waals surface area contributed by atoms with Crippen molar-refractivity contribution in [3.63, 3.8) is 0 Å². The van der Waals surface area contributed by atoms with E-state index in [-0.39, 0.29) is 17.9 Å². The Morgan fingerprint density at radius 2 is 1.72 bits per heavy atom. The summed E-state index contributed by atoms with van der Waals surface area (Å²) in [4.78, 5) is 27.7. The molecule has 0 unspecified atom stereocenters. The minimum Gasteiger partial charge on any atom is -0.444 e. The third-order valence-electron chi connectivity index (χ3n) is 6.03. The lowest BCUT2D eigenvalue weighted by Gasteiger charge is -2.34. The number of rotatable bonds is 4. The van der Waals surface area contributed by atoms with Crippen LogP contribution in [0.15, 0.2) is 48.7 Å². The molecule has 3 aromatic rings. The molecule has 2 heterocycles. The lowest BCUT2D eigenvalue weighted by atomic mass is 9.90. The summed E-state index contributed by atoms with van der Waals surface area (Å²) in [6.07, 6.45) is 2.61. The van der Waals surface area contributed by atoms with Gasteiger partial charge in [-0.3, -0.25) is 4.79 Å². The minimum absolute atomic E-state index is 0.0103. The molecular weight excluding hydrogens is 499 g/mol. The minimum atomic E-state index is -0.552. The number of aryl methyl sites for hydroxylation is 1. The maximum absolute atomic E-state index is 13.4. The quantitative estimate of drug-likeness (QED) is 0.401. The van der Waals surface area contributed by atoms with Gasteiger partial charge in [0.05, 0.1) is 33.9 Å². The van der Waals surface area contributed by atoms with Crippen LogP contribution in [0.5, 0.6) is 0 Å². The highest BCUT2D eigenvalue weighted by Gasteiger charge is 2.32. The summed E-state index contributed by atoms with van der Waals surface area (Å²) >= 11 is 12.5. The Bertz CT molecular complexity index is 1260. The Kier molecular flexibility index (Phi) is 7.62. The number of hydrogen-bond donors (Lipinski definition) is 1. The molecule has 190 valence electrons. The smallest absolute Gasteiger partial charge is 0.410 e. The number of halogens is 2. The molecule has 1 fully saturated rings. The van der Waals surface area contributed by atoms with Gasteiger partial charge in [0.1, 0.15) is 5.60 Å². The maximum Gasteiger partial charge on any atom is 0.410 e. The fourth-order valence-corrected chi connectivity index (χ4v) is 4.70. The standard InChI is InChI=1S/C27H30Cl2N4O3/c1-17-5-10-23(22(29)15-17)31-25(34)21-16-30-33(20-8-6-19(28)7-9-20)24(21)18-11-13-32(14-12-18)26(35)36-27(2,3)4/h5-10,15-16,18H,11-14H2,1-4H3,(H,31,34). The van der Waals surface area contributed by atoms with E-state index in [4.69, 9.17) is 27.9 Å². The van der Waals surface area contributed by atoms with Crippen LogP contribution in [0.25, 0.3) is 5.69 Å². The molecule has 0 radical (unpaired) electrons. The monoisotopic (exact) mass is 528 g/mol. The molecule has 2 amide bonds. The van der Waals surface area contributed by atoms with E-state index >= 15 is 0 Å². The first kappa shape index (κ1) is 26.0. The summed E-state index contributed by atoms with van der Waals surface area (Å²) < 4.78 is 7.32. The molecule has 4 rings (SSSR count). The molecule has 0 aliphatic carbocycles. The van der Waals surface area contributed by atoms with Crippen molar-refractivity contribution in [1.29, 1.82) is 0 Å². The van der Waals surface area contributed by atoms with Crippen LogP contribution in [0.2, 0.25) is 10.0 Å². The second-order valence-electron chi connectivity index (χ2n) is 10.0. The normalized spacial score (nSPS) is 14.6. The van der Waals surface area contributed by atoms with E-state index in [0.717, 1.165) is 16.9 Å². The van der Waals surface area contributed by atoms with Crippen molar-refractivity contribution in [3.8, 4) is 5.69 Å². The van der Waals surface area contributed by atoms with Crippen molar-refractivity contribution < 1.29 is 14.3 Å². The number of aromatic nitrogens is 2. The molecule has 36 heavy (non-hydrogen) atoms. The van der Waals surface area contributed by atoms with Crippen molar-refractivity contribution in [2.75, 3.05) is 18.4 Å². The molecule has 7 nitrogen and oxygen atoms in total. The first-order valence-corrected chi connectivity index (χ1v) is 12.7. The highest BCUT2D eigenvalue weighted by atomic mass is 35.5. The van der Waals surface area contributed by atoms with E-state index in [9.17, 15) is 9.59 Å². The van der Waals surface area contributed by atoms with Gasteiger partial charge in [-0.1, -0.05) is 29.3 Å². The number of carbonyl (C=O) groups is 2. The lowest BCUT2D eigenvalue weighted by Crippen LogP contribution is -2.41. The van der Waals surface area contributed by atoms with Crippen molar-refractivity contribution in [3.05, 3.63) is 75.5 Å². The molecule has 0 bridgehead atoms. The second-order valence-corrected chi connectivity index (χ2v) is 10.9. The number of piperidine rings is 1. The van der Waals surface area contributed by atoms with Crippen LogP contribution in [0.3, 0.4) is 0 Å². The van der Waals surface area contributed by atoms with Crippen LogP contribution >= 0.6 is 23.2 Å². The number of likely N-dealkylation sites (tertiary alicyclic amines) is 1. The van der Waals surface area contributed by atoms with E-state index in [1.165, 1.54) is 0 Å². The van der Waals surface area contributed by atoms with Crippen LogP contribution < -0.4 is 5.32 Å². The predicted octanol–water partition coefficient (Wildman–Crippen LogP) is 6.85.